The van der Waals surface area contributed by atoms with E-state index in [0.29, 0.717) is 12.0 Å². The van der Waals surface area contributed by atoms with Crippen molar-refractivity contribution in [1.29, 1.82) is 0 Å². The average Bonchev–Trinajstić information content (AvgIpc) is 2.53. The Morgan fingerprint density at radius 3 is 2.56 bits per heavy atom. The molecule has 0 fully saturated rings. The predicted molar refractivity (Wildman–Crippen MR) is 63.6 cm³/mol. The van der Waals surface area contributed by atoms with E-state index in [2.05, 4.69) is 4.98 Å². The topological polar surface area (TPSA) is 68.1 Å². The van der Waals surface area contributed by atoms with Crippen molar-refractivity contribution in [1.82, 2.24) is 4.98 Å². The number of carbonyl (C=O) groups excluding carboxylic acids is 1. The van der Waals surface area contributed by atoms with Gasteiger partial charge in [-0.25, -0.2) is 4.79 Å². The standard InChI is InChI=1S/C12H20N2O2/c1-5-9(13)6-10-7(2)14-8(3)11(10)12(15)16-4/h9,14H,5-6,13H2,1-4H3. The zero-order valence-electron chi connectivity index (χ0n) is 10.4. The molecular formula is C12H20N2O2. The van der Waals surface area contributed by atoms with Crippen molar-refractivity contribution in [2.75, 3.05) is 7.11 Å². The van der Waals surface area contributed by atoms with E-state index in [1.54, 1.807) is 0 Å². The largest absolute Gasteiger partial charge is 0.465 e. The molecule has 0 aliphatic heterocycles. The lowest BCUT2D eigenvalue weighted by atomic mass is 10.00. The smallest absolute Gasteiger partial charge is 0.339 e. The van der Waals surface area contributed by atoms with Crippen LogP contribution in [0.4, 0.5) is 0 Å². The number of aromatic nitrogens is 1. The van der Waals surface area contributed by atoms with Gasteiger partial charge < -0.3 is 15.5 Å². The summed E-state index contributed by atoms with van der Waals surface area (Å²) in [5, 5.41) is 0. The Hall–Kier alpha value is -1.29. The fourth-order valence-electron chi connectivity index (χ4n) is 1.87. The summed E-state index contributed by atoms with van der Waals surface area (Å²) in [6.45, 7) is 5.87. The predicted octanol–water partition coefficient (Wildman–Crippen LogP) is 1.70. The fourth-order valence-corrected chi connectivity index (χ4v) is 1.87. The first kappa shape index (κ1) is 12.8. The molecule has 4 nitrogen and oxygen atoms in total. The summed E-state index contributed by atoms with van der Waals surface area (Å²) >= 11 is 0. The van der Waals surface area contributed by atoms with Gasteiger partial charge in [0.05, 0.1) is 12.7 Å². The van der Waals surface area contributed by atoms with E-state index in [1.807, 2.05) is 20.8 Å². The lowest BCUT2D eigenvalue weighted by Crippen LogP contribution is -2.23. The molecule has 0 aliphatic rings. The zero-order valence-corrected chi connectivity index (χ0v) is 10.4. The van der Waals surface area contributed by atoms with E-state index in [4.69, 9.17) is 10.5 Å². The van der Waals surface area contributed by atoms with E-state index in [1.165, 1.54) is 7.11 Å². The highest BCUT2D eigenvalue weighted by atomic mass is 16.5. The normalized spacial score (nSPS) is 12.6. The maximum atomic E-state index is 11.7. The number of aryl methyl sites for hydroxylation is 2. The number of esters is 1. The van der Waals surface area contributed by atoms with E-state index < -0.39 is 0 Å². The van der Waals surface area contributed by atoms with Crippen LogP contribution in [0.2, 0.25) is 0 Å². The van der Waals surface area contributed by atoms with Crippen molar-refractivity contribution in [3.8, 4) is 0 Å². The number of nitrogens with one attached hydrogen (secondary N) is 1. The van der Waals surface area contributed by atoms with Crippen molar-refractivity contribution in [3.05, 3.63) is 22.5 Å². The second-order valence-corrected chi connectivity index (χ2v) is 4.09. The van der Waals surface area contributed by atoms with E-state index in [0.717, 1.165) is 23.4 Å². The minimum absolute atomic E-state index is 0.0808. The first-order valence-electron chi connectivity index (χ1n) is 5.53. The molecule has 0 aromatic carbocycles. The number of ether oxygens (including phenoxy) is 1. The highest BCUT2D eigenvalue weighted by Gasteiger charge is 2.20. The van der Waals surface area contributed by atoms with Crippen LogP contribution < -0.4 is 5.73 Å². The third-order valence-corrected chi connectivity index (χ3v) is 2.88. The lowest BCUT2D eigenvalue weighted by Gasteiger charge is -2.10. The van der Waals surface area contributed by atoms with Crippen LogP contribution in [0.3, 0.4) is 0 Å². The molecule has 0 amide bonds. The van der Waals surface area contributed by atoms with E-state index >= 15 is 0 Å². The summed E-state index contributed by atoms with van der Waals surface area (Å²) in [4.78, 5) is 14.8. The molecule has 90 valence electrons. The van der Waals surface area contributed by atoms with Crippen molar-refractivity contribution < 1.29 is 9.53 Å². The molecule has 4 heteroatoms. The molecule has 1 rings (SSSR count). The molecule has 16 heavy (non-hydrogen) atoms. The number of hydrogen-bond donors (Lipinski definition) is 2. The van der Waals surface area contributed by atoms with Crippen molar-refractivity contribution in [2.45, 2.75) is 39.7 Å². The number of aromatic amines is 1. The molecule has 3 N–H and O–H groups in total. The average molecular weight is 224 g/mol. The van der Waals surface area contributed by atoms with Gasteiger partial charge in [-0.1, -0.05) is 6.92 Å². The van der Waals surface area contributed by atoms with Crippen LogP contribution in [0.5, 0.6) is 0 Å². The Morgan fingerprint density at radius 2 is 2.06 bits per heavy atom. The summed E-state index contributed by atoms with van der Waals surface area (Å²) in [6.07, 6.45) is 1.60. The van der Waals surface area contributed by atoms with E-state index in [-0.39, 0.29) is 12.0 Å². The Labute approximate surface area is 96.2 Å². The van der Waals surface area contributed by atoms with Gasteiger partial charge in [-0.2, -0.15) is 0 Å². The summed E-state index contributed by atoms with van der Waals surface area (Å²) in [5.74, 6) is -0.292. The number of rotatable bonds is 4. The molecule has 0 saturated carbocycles. The highest BCUT2D eigenvalue weighted by Crippen LogP contribution is 2.21. The Kier molecular flexibility index (Phi) is 4.12. The first-order valence-corrected chi connectivity index (χ1v) is 5.53. The van der Waals surface area contributed by atoms with Gasteiger partial charge in [0.2, 0.25) is 0 Å². The van der Waals surface area contributed by atoms with Gasteiger partial charge in [-0.3, -0.25) is 0 Å². The molecule has 0 radical (unpaired) electrons. The quantitative estimate of drug-likeness (QED) is 0.765. The number of nitrogens with two attached hydrogens (primary N) is 1. The maximum Gasteiger partial charge on any atom is 0.339 e. The number of methoxy groups -OCH3 is 1. The van der Waals surface area contributed by atoms with Gasteiger partial charge in [0.1, 0.15) is 0 Å². The first-order chi connectivity index (χ1) is 7.51. The monoisotopic (exact) mass is 224 g/mol. The van der Waals surface area contributed by atoms with Crippen LogP contribution in [0.15, 0.2) is 0 Å². The van der Waals surface area contributed by atoms with Gasteiger partial charge in [-0.05, 0) is 32.3 Å². The zero-order chi connectivity index (χ0) is 12.3. The Bertz CT molecular complexity index is 383. The van der Waals surface area contributed by atoms with Crippen molar-refractivity contribution >= 4 is 5.97 Å². The second-order valence-electron chi connectivity index (χ2n) is 4.09. The van der Waals surface area contributed by atoms with Crippen LogP contribution in [0.25, 0.3) is 0 Å². The summed E-state index contributed by atoms with van der Waals surface area (Å²) in [7, 11) is 1.40. The lowest BCUT2D eigenvalue weighted by molar-refractivity contribution is 0.0599. The Balaban J connectivity index is 3.10. The second kappa shape index (κ2) is 5.16. The summed E-state index contributed by atoms with van der Waals surface area (Å²) in [6, 6.07) is 0.0808. The van der Waals surface area contributed by atoms with Crippen LogP contribution in [0, 0.1) is 13.8 Å². The van der Waals surface area contributed by atoms with Crippen LogP contribution >= 0.6 is 0 Å². The summed E-state index contributed by atoms with van der Waals surface area (Å²) < 4.78 is 4.79. The Morgan fingerprint density at radius 1 is 1.44 bits per heavy atom. The third kappa shape index (κ3) is 2.44. The number of carbonyl (C=O) groups is 1. The molecule has 1 aromatic rings. The maximum absolute atomic E-state index is 11.7. The fraction of sp³-hybridized carbons (Fsp3) is 0.583. The van der Waals surface area contributed by atoms with Gasteiger partial charge >= 0.3 is 5.97 Å². The van der Waals surface area contributed by atoms with Crippen molar-refractivity contribution in [3.63, 3.8) is 0 Å². The number of H-pyrrole nitrogens is 1. The molecule has 1 unspecified atom stereocenters. The molecule has 1 atom stereocenters. The molecular weight excluding hydrogens is 204 g/mol. The highest BCUT2D eigenvalue weighted by molar-refractivity contribution is 5.92. The minimum atomic E-state index is -0.292. The van der Waals surface area contributed by atoms with Gasteiger partial charge in [0, 0.05) is 17.4 Å². The summed E-state index contributed by atoms with van der Waals surface area (Å²) in [5.41, 5.74) is 9.41. The molecule has 0 saturated heterocycles. The minimum Gasteiger partial charge on any atom is -0.465 e. The molecule has 0 spiro atoms. The van der Waals surface area contributed by atoms with Crippen LogP contribution in [-0.2, 0) is 11.2 Å². The van der Waals surface area contributed by atoms with Crippen molar-refractivity contribution in [2.24, 2.45) is 5.73 Å². The molecule has 0 bridgehead atoms. The third-order valence-electron chi connectivity index (χ3n) is 2.88. The van der Waals surface area contributed by atoms with Crippen LogP contribution in [0.1, 0.15) is 40.7 Å². The van der Waals surface area contributed by atoms with E-state index in [9.17, 15) is 4.79 Å². The molecule has 0 aliphatic carbocycles. The van der Waals surface area contributed by atoms with Gasteiger partial charge in [-0.15, -0.1) is 0 Å². The van der Waals surface area contributed by atoms with Gasteiger partial charge in [0.15, 0.2) is 0 Å². The molecule has 1 aromatic heterocycles. The molecule has 1 heterocycles. The van der Waals surface area contributed by atoms with Gasteiger partial charge in [0.25, 0.3) is 0 Å². The van der Waals surface area contributed by atoms with Crippen LogP contribution in [-0.4, -0.2) is 24.1 Å². The number of hydrogen-bond acceptors (Lipinski definition) is 3. The SMILES string of the molecule is CCC(N)Cc1c(C)[nH]c(C)c1C(=O)OC.